The zero-order valence-corrected chi connectivity index (χ0v) is 9.20. The predicted molar refractivity (Wildman–Crippen MR) is 56.1 cm³/mol. The first-order valence-electron chi connectivity index (χ1n) is 5.63. The molecule has 0 heterocycles. The van der Waals surface area contributed by atoms with Crippen LogP contribution >= 0.6 is 0 Å². The first-order chi connectivity index (χ1) is 6.66. The average Bonchev–Trinajstić information content (AvgIpc) is 2.94. The van der Waals surface area contributed by atoms with Crippen LogP contribution < -0.4 is 0 Å². The van der Waals surface area contributed by atoms with Gasteiger partial charge >= 0.3 is 6.03 Å². The van der Waals surface area contributed by atoms with E-state index in [1.807, 2.05) is 14.1 Å². The monoisotopic (exact) mass is 196 g/mol. The van der Waals surface area contributed by atoms with E-state index in [1.165, 1.54) is 25.7 Å². The zero-order chi connectivity index (χ0) is 10.1. The maximum atomic E-state index is 11.8. The molecular formula is C11H20N2O. The van der Waals surface area contributed by atoms with Crippen molar-refractivity contribution >= 4 is 6.03 Å². The van der Waals surface area contributed by atoms with Crippen LogP contribution in [-0.2, 0) is 0 Å². The van der Waals surface area contributed by atoms with E-state index in [0.717, 1.165) is 24.9 Å². The van der Waals surface area contributed by atoms with E-state index in [9.17, 15) is 4.79 Å². The van der Waals surface area contributed by atoms with Gasteiger partial charge in [-0.05, 0) is 37.5 Å². The lowest BCUT2D eigenvalue weighted by molar-refractivity contribution is 0.166. The molecule has 0 unspecified atom stereocenters. The number of carbonyl (C=O) groups is 1. The summed E-state index contributed by atoms with van der Waals surface area (Å²) in [4.78, 5) is 15.6. The van der Waals surface area contributed by atoms with Crippen LogP contribution in [0.2, 0.25) is 0 Å². The highest BCUT2D eigenvalue weighted by molar-refractivity contribution is 5.73. The Morgan fingerprint density at radius 3 is 1.79 bits per heavy atom. The second-order valence-electron chi connectivity index (χ2n) is 4.97. The minimum Gasteiger partial charge on any atom is -0.331 e. The summed E-state index contributed by atoms with van der Waals surface area (Å²) in [6.07, 6.45) is 5.29. The van der Waals surface area contributed by atoms with Gasteiger partial charge in [0.15, 0.2) is 0 Å². The topological polar surface area (TPSA) is 23.6 Å². The number of urea groups is 1. The van der Waals surface area contributed by atoms with Gasteiger partial charge in [-0.25, -0.2) is 4.79 Å². The van der Waals surface area contributed by atoms with Gasteiger partial charge in [-0.2, -0.15) is 0 Å². The Kier molecular flexibility index (Phi) is 2.66. The Hall–Kier alpha value is -0.730. The molecule has 0 atom stereocenters. The largest absolute Gasteiger partial charge is 0.331 e. The van der Waals surface area contributed by atoms with E-state index in [1.54, 1.807) is 4.90 Å². The van der Waals surface area contributed by atoms with Gasteiger partial charge in [0.2, 0.25) is 0 Å². The third-order valence-corrected chi connectivity index (χ3v) is 3.00. The van der Waals surface area contributed by atoms with Gasteiger partial charge in [0.1, 0.15) is 0 Å². The Bertz CT molecular complexity index is 205. The first-order valence-corrected chi connectivity index (χ1v) is 5.63. The van der Waals surface area contributed by atoms with E-state index in [-0.39, 0.29) is 6.03 Å². The fourth-order valence-electron chi connectivity index (χ4n) is 1.74. The van der Waals surface area contributed by atoms with Crippen LogP contribution in [0, 0.1) is 11.8 Å². The molecule has 0 aromatic carbocycles. The molecule has 0 saturated heterocycles. The van der Waals surface area contributed by atoms with Gasteiger partial charge in [0.05, 0.1) is 0 Å². The fourth-order valence-corrected chi connectivity index (χ4v) is 1.74. The number of amides is 2. The molecule has 2 rings (SSSR count). The Balaban J connectivity index is 1.85. The third kappa shape index (κ3) is 2.63. The summed E-state index contributed by atoms with van der Waals surface area (Å²) in [6, 6.07) is 0.198. The van der Waals surface area contributed by atoms with Gasteiger partial charge in [-0.15, -0.1) is 0 Å². The highest BCUT2D eigenvalue weighted by atomic mass is 16.2. The molecule has 80 valence electrons. The van der Waals surface area contributed by atoms with Crippen molar-refractivity contribution in [2.24, 2.45) is 11.8 Å². The highest BCUT2D eigenvalue weighted by Gasteiger charge is 2.31. The number of hydrogen-bond acceptors (Lipinski definition) is 1. The summed E-state index contributed by atoms with van der Waals surface area (Å²) in [7, 11) is 3.68. The lowest BCUT2D eigenvalue weighted by Gasteiger charge is -2.26. The maximum Gasteiger partial charge on any atom is 0.319 e. The molecule has 0 bridgehead atoms. The van der Waals surface area contributed by atoms with E-state index in [2.05, 4.69) is 4.90 Å². The highest BCUT2D eigenvalue weighted by Crippen LogP contribution is 2.33. The van der Waals surface area contributed by atoms with Crippen LogP contribution in [0.25, 0.3) is 0 Å². The fraction of sp³-hybridized carbons (Fsp3) is 0.909. The standard InChI is InChI=1S/C11H20N2O/c1-12(2)11(14)13(7-9-3-4-9)8-10-5-6-10/h9-10H,3-8H2,1-2H3. The number of rotatable bonds is 4. The summed E-state index contributed by atoms with van der Waals surface area (Å²) < 4.78 is 0. The zero-order valence-electron chi connectivity index (χ0n) is 9.20. The van der Waals surface area contributed by atoms with E-state index >= 15 is 0 Å². The summed E-state index contributed by atoms with van der Waals surface area (Å²) in [5.74, 6) is 1.61. The molecule has 0 radical (unpaired) electrons. The SMILES string of the molecule is CN(C)C(=O)N(CC1CC1)CC1CC1. The molecule has 0 N–H and O–H groups in total. The van der Waals surface area contributed by atoms with Crippen molar-refractivity contribution in [3.05, 3.63) is 0 Å². The van der Waals surface area contributed by atoms with Gasteiger partial charge < -0.3 is 9.80 Å². The minimum atomic E-state index is 0.198. The van der Waals surface area contributed by atoms with Gasteiger partial charge in [0.25, 0.3) is 0 Å². The second kappa shape index (κ2) is 3.79. The number of nitrogens with zero attached hydrogens (tertiary/aromatic N) is 2. The predicted octanol–water partition coefficient (Wildman–Crippen LogP) is 1.79. The average molecular weight is 196 g/mol. The number of hydrogen-bond donors (Lipinski definition) is 0. The summed E-state index contributed by atoms with van der Waals surface area (Å²) in [6.45, 7) is 1.99. The molecular weight excluding hydrogens is 176 g/mol. The summed E-state index contributed by atoms with van der Waals surface area (Å²) in [5, 5.41) is 0. The molecule has 2 fully saturated rings. The van der Waals surface area contributed by atoms with Crippen molar-refractivity contribution in [2.75, 3.05) is 27.2 Å². The minimum absolute atomic E-state index is 0.198. The van der Waals surface area contributed by atoms with E-state index in [4.69, 9.17) is 0 Å². The van der Waals surface area contributed by atoms with Crippen molar-refractivity contribution in [2.45, 2.75) is 25.7 Å². The van der Waals surface area contributed by atoms with Gasteiger partial charge in [-0.3, -0.25) is 0 Å². The Morgan fingerprint density at radius 1 is 1.07 bits per heavy atom. The molecule has 3 heteroatoms. The van der Waals surface area contributed by atoms with Crippen LogP contribution in [-0.4, -0.2) is 43.0 Å². The Morgan fingerprint density at radius 2 is 1.50 bits per heavy atom. The van der Waals surface area contributed by atoms with Crippen LogP contribution in [0.3, 0.4) is 0 Å². The summed E-state index contributed by atoms with van der Waals surface area (Å²) >= 11 is 0. The Labute approximate surface area is 86.1 Å². The lowest BCUT2D eigenvalue weighted by Crippen LogP contribution is -2.41. The molecule has 14 heavy (non-hydrogen) atoms. The molecule has 0 aliphatic heterocycles. The molecule has 0 aromatic rings. The van der Waals surface area contributed by atoms with Crippen molar-refractivity contribution in [3.8, 4) is 0 Å². The molecule has 3 nitrogen and oxygen atoms in total. The maximum absolute atomic E-state index is 11.8. The molecule has 2 saturated carbocycles. The number of carbonyl (C=O) groups excluding carboxylic acids is 1. The van der Waals surface area contributed by atoms with E-state index < -0.39 is 0 Å². The van der Waals surface area contributed by atoms with Crippen molar-refractivity contribution < 1.29 is 4.79 Å². The first kappa shape index (κ1) is 9.81. The third-order valence-electron chi connectivity index (χ3n) is 3.00. The summed E-state index contributed by atoms with van der Waals surface area (Å²) in [5.41, 5.74) is 0. The molecule has 2 amide bonds. The second-order valence-corrected chi connectivity index (χ2v) is 4.97. The van der Waals surface area contributed by atoms with Crippen LogP contribution in [0.1, 0.15) is 25.7 Å². The molecule has 0 spiro atoms. The van der Waals surface area contributed by atoms with Crippen molar-refractivity contribution in [3.63, 3.8) is 0 Å². The molecule has 2 aliphatic carbocycles. The van der Waals surface area contributed by atoms with Crippen molar-refractivity contribution in [1.29, 1.82) is 0 Å². The lowest BCUT2D eigenvalue weighted by atomic mass is 10.3. The van der Waals surface area contributed by atoms with Crippen LogP contribution in [0.5, 0.6) is 0 Å². The molecule has 2 aliphatic rings. The molecule has 0 aromatic heterocycles. The van der Waals surface area contributed by atoms with Gasteiger partial charge in [0, 0.05) is 27.2 Å². The smallest absolute Gasteiger partial charge is 0.319 e. The quantitative estimate of drug-likeness (QED) is 0.672. The van der Waals surface area contributed by atoms with E-state index in [0.29, 0.717) is 0 Å². The van der Waals surface area contributed by atoms with Gasteiger partial charge in [-0.1, -0.05) is 0 Å². The van der Waals surface area contributed by atoms with Crippen molar-refractivity contribution in [1.82, 2.24) is 9.80 Å². The normalized spacial score (nSPS) is 20.7. The van der Waals surface area contributed by atoms with Crippen LogP contribution in [0.15, 0.2) is 0 Å². The van der Waals surface area contributed by atoms with Crippen LogP contribution in [0.4, 0.5) is 4.79 Å².